The molecule has 0 saturated carbocycles. The van der Waals surface area contributed by atoms with Gasteiger partial charge in [-0.25, -0.2) is 8.42 Å². The van der Waals surface area contributed by atoms with E-state index in [0.29, 0.717) is 23.7 Å². The lowest BCUT2D eigenvalue weighted by Gasteiger charge is -2.23. The van der Waals surface area contributed by atoms with Crippen molar-refractivity contribution >= 4 is 38.2 Å². The average Bonchev–Trinajstić information content (AvgIpc) is 3.41. The summed E-state index contributed by atoms with van der Waals surface area (Å²) in [5, 5.41) is 17.7. The lowest BCUT2D eigenvalue weighted by Crippen LogP contribution is -2.33. The molecule has 2 saturated heterocycles. The largest absolute Gasteiger partial charge is 0.370 e. The second kappa shape index (κ2) is 6.73. The molecule has 3 heterocycles. The standard InChI is InChI=1S/C20H18ClN5O2S/c21-16-5-19-18(8-23-24-19)20(6-16)25-9-14-11-26(12-15(14)10-25)29(27,28)17-3-1-13(7-22)2-4-17/h1-6,8,14-15H,9-12H2,(H,23,24)/t14-,15+. The minimum atomic E-state index is -3.55. The first-order chi connectivity index (χ1) is 14.0. The summed E-state index contributed by atoms with van der Waals surface area (Å²) in [5.74, 6) is 0.535. The van der Waals surface area contributed by atoms with E-state index >= 15 is 0 Å². The zero-order valence-corrected chi connectivity index (χ0v) is 17.0. The number of benzene rings is 2. The average molecular weight is 428 g/mol. The van der Waals surface area contributed by atoms with Crippen LogP contribution in [0.2, 0.25) is 5.02 Å². The number of aromatic amines is 1. The summed E-state index contributed by atoms with van der Waals surface area (Å²) in [5.41, 5.74) is 2.39. The maximum absolute atomic E-state index is 13.0. The van der Waals surface area contributed by atoms with Crippen molar-refractivity contribution in [2.45, 2.75) is 4.90 Å². The second-order valence-electron chi connectivity index (χ2n) is 7.64. The Kier molecular flexibility index (Phi) is 4.28. The highest BCUT2D eigenvalue weighted by atomic mass is 35.5. The maximum Gasteiger partial charge on any atom is 0.243 e. The number of nitriles is 1. The van der Waals surface area contributed by atoms with Crippen molar-refractivity contribution in [3.05, 3.63) is 53.2 Å². The molecule has 5 rings (SSSR count). The van der Waals surface area contributed by atoms with Gasteiger partial charge in [0.25, 0.3) is 0 Å². The summed E-state index contributed by atoms with van der Waals surface area (Å²) in [7, 11) is -3.55. The van der Waals surface area contributed by atoms with Crippen molar-refractivity contribution in [1.29, 1.82) is 5.26 Å². The van der Waals surface area contributed by atoms with E-state index < -0.39 is 10.0 Å². The van der Waals surface area contributed by atoms with Gasteiger partial charge in [0, 0.05) is 42.3 Å². The van der Waals surface area contributed by atoms with Crippen LogP contribution < -0.4 is 4.90 Å². The molecule has 0 aliphatic carbocycles. The van der Waals surface area contributed by atoms with Crippen molar-refractivity contribution in [3.63, 3.8) is 0 Å². The first-order valence-electron chi connectivity index (χ1n) is 9.33. The van der Waals surface area contributed by atoms with Gasteiger partial charge in [-0.3, -0.25) is 5.10 Å². The molecule has 0 amide bonds. The molecule has 7 nitrogen and oxygen atoms in total. The van der Waals surface area contributed by atoms with Crippen molar-refractivity contribution in [2.75, 3.05) is 31.1 Å². The van der Waals surface area contributed by atoms with Gasteiger partial charge in [-0.15, -0.1) is 0 Å². The summed E-state index contributed by atoms with van der Waals surface area (Å²) in [6.45, 7) is 2.56. The lowest BCUT2D eigenvalue weighted by atomic mass is 10.0. The SMILES string of the molecule is N#Cc1ccc(S(=O)(=O)N2C[C@H]3CN(c4cc(Cl)cc5[nH]ncc45)C[C@H]3C2)cc1. The van der Waals surface area contributed by atoms with Crippen molar-refractivity contribution in [2.24, 2.45) is 11.8 Å². The zero-order valence-electron chi connectivity index (χ0n) is 15.4. The minimum absolute atomic E-state index is 0.239. The predicted molar refractivity (Wildman–Crippen MR) is 110 cm³/mol. The molecule has 2 aliphatic heterocycles. The van der Waals surface area contributed by atoms with Gasteiger partial charge in [0.15, 0.2) is 0 Å². The summed E-state index contributed by atoms with van der Waals surface area (Å²) in [4.78, 5) is 2.52. The highest BCUT2D eigenvalue weighted by Crippen LogP contribution is 2.39. The molecule has 1 aromatic heterocycles. The fraction of sp³-hybridized carbons (Fsp3) is 0.300. The molecular weight excluding hydrogens is 410 g/mol. The molecule has 2 fully saturated rings. The van der Waals surface area contributed by atoms with Crippen LogP contribution in [0.4, 0.5) is 5.69 Å². The van der Waals surface area contributed by atoms with Crippen LogP contribution in [0.25, 0.3) is 10.9 Å². The quantitative estimate of drug-likeness (QED) is 0.693. The number of anilines is 1. The topological polar surface area (TPSA) is 93.1 Å². The number of fused-ring (bicyclic) bond motifs is 2. The molecule has 1 N–H and O–H groups in total. The monoisotopic (exact) mass is 427 g/mol. The van der Waals surface area contributed by atoms with Gasteiger partial charge in [0.2, 0.25) is 10.0 Å². The smallest absolute Gasteiger partial charge is 0.243 e. The van der Waals surface area contributed by atoms with E-state index in [9.17, 15) is 8.42 Å². The van der Waals surface area contributed by atoms with E-state index in [1.165, 1.54) is 12.1 Å². The van der Waals surface area contributed by atoms with E-state index in [1.807, 2.05) is 18.2 Å². The molecule has 148 valence electrons. The van der Waals surface area contributed by atoms with Gasteiger partial charge in [-0.1, -0.05) is 11.6 Å². The Labute approximate surface area is 173 Å². The summed E-state index contributed by atoms with van der Waals surface area (Å²) < 4.78 is 27.6. The number of aromatic nitrogens is 2. The number of hydrogen-bond acceptors (Lipinski definition) is 5. The molecule has 2 atom stereocenters. The third-order valence-corrected chi connectivity index (χ3v) is 7.98. The Hall–Kier alpha value is -2.60. The van der Waals surface area contributed by atoms with E-state index in [1.54, 1.807) is 22.6 Å². The Morgan fingerprint density at radius 3 is 2.45 bits per heavy atom. The van der Waals surface area contributed by atoms with Gasteiger partial charge in [0.05, 0.1) is 28.2 Å². The number of nitrogens with one attached hydrogen (secondary N) is 1. The summed E-state index contributed by atoms with van der Waals surface area (Å²) in [6.07, 6.45) is 1.80. The predicted octanol–water partition coefficient (Wildman–Crippen LogP) is 2.84. The third-order valence-electron chi connectivity index (χ3n) is 5.92. The van der Waals surface area contributed by atoms with Crippen LogP contribution in [0, 0.1) is 23.2 Å². The van der Waals surface area contributed by atoms with Crippen LogP contribution in [0.15, 0.2) is 47.5 Å². The molecule has 2 aromatic carbocycles. The lowest BCUT2D eigenvalue weighted by molar-refractivity contribution is 0.453. The molecule has 0 bridgehead atoms. The van der Waals surface area contributed by atoms with Crippen molar-refractivity contribution in [1.82, 2.24) is 14.5 Å². The third kappa shape index (κ3) is 3.06. The second-order valence-corrected chi connectivity index (χ2v) is 10.0. The highest BCUT2D eigenvalue weighted by molar-refractivity contribution is 7.89. The number of sulfonamides is 1. The Morgan fingerprint density at radius 2 is 1.79 bits per heavy atom. The fourth-order valence-electron chi connectivity index (χ4n) is 4.45. The van der Waals surface area contributed by atoms with Crippen LogP contribution in [0.5, 0.6) is 0 Å². The molecule has 0 spiro atoms. The molecule has 3 aromatic rings. The number of rotatable bonds is 3. The Morgan fingerprint density at radius 1 is 1.10 bits per heavy atom. The first-order valence-corrected chi connectivity index (χ1v) is 11.2. The zero-order chi connectivity index (χ0) is 20.2. The van der Waals surface area contributed by atoms with E-state index in [-0.39, 0.29) is 16.7 Å². The Balaban J connectivity index is 1.35. The van der Waals surface area contributed by atoms with Crippen molar-refractivity contribution < 1.29 is 8.42 Å². The number of halogens is 1. The molecular formula is C20H18ClN5O2S. The number of nitrogens with zero attached hydrogens (tertiary/aromatic N) is 4. The summed E-state index contributed by atoms with van der Waals surface area (Å²) >= 11 is 6.27. The molecule has 2 aliphatic rings. The van der Waals surface area contributed by atoms with Crippen molar-refractivity contribution in [3.8, 4) is 6.07 Å². The van der Waals surface area contributed by atoms with Crippen LogP contribution in [-0.4, -0.2) is 49.1 Å². The Bertz CT molecular complexity index is 1220. The highest BCUT2D eigenvalue weighted by Gasteiger charge is 2.44. The van der Waals surface area contributed by atoms with Crippen LogP contribution in [-0.2, 0) is 10.0 Å². The van der Waals surface area contributed by atoms with Gasteiger partial charge in [0.1, 0.15) is 0 Å². The van der Waals surface area contributed by atoms with Gasteiger partial charge in [-0.05, 0) is 48.2 Å². The van der Waals surface area contributed by atoms with Gasteiger partial charge in [-0.2, -0.15) is 14.7 Å². The molecule has 0 unspecified atom stereocenters. The van der Waals surface area contributed by atoms with Gasteiger partial charge >= 0.3 is 0 Å². The normalized spacial score (nSPS) is 22.1. The molecule has 0 radical (unpaired) electrons. The maximum atomic E-state index is 13.0. The number of H-pyrrole nitrogens is 1. The van der Waals surface area contributed by atoms with Crippen LogP contribution in [0.1, 0.15) is 5.56 Å². The van der Waals surface area contributed by atoms with Gasteiger partial charge < -0.3 is 4.90 Å². The van der Waals surface area contributed by atoms with E-state index in [4.69, 9.17) is 16.9 Å². The van der Waals surface area contributed by atoms with E-state index in [2.05, 4.69) is 15.1 Å². The van der Waals surface area contributed by atoms with E-state index in [0.717, 1.165) is 29.7 Å². The summed E-state index contributed by atoms with van der Waals surface area (Å²) in [6, 6.07) is 11.9. The van der Waals surface area contributed by atoms with Crippen LogP contribution in [0.3, 0.4) is 0 Å². The molecule has 29 heavy (non-hydrogen) atoms. The van der Waals surface area contributed by atoms with Crippen LogP contribution >= 0.6 is 11.6 Å². The minimum Gasteiger partial charge on any atom is -0.370 e. The molecule has 9 heteroatoms. The number of hydrogen-bond donors (Lipinski definition) is 1. The first kappa shape index (κ1) is 18.4. The fourth-order valence-corrected chi connectivity index (χ4v) is 6.22.